The minimum absolute atomic E-state index is 0.0696. The standard InChI is InChI=1S/C26H18Cl2N2OS2/c27-21-10-6-11-22(28)20(21)16-29-15-18(19-9-4-5-12-23(19)29)13-24-25(31)30(26(32)33-24)14-17-7-2-1-3-8-17/h1-13,15H,14,16H2/b24-13+. The van der Waals surface area contributed by atoms with Crippen molar-refractivity contribution >= 4 is 74.4 Å². The minimum Gasteiger partial charge on any atom is -0.342 e. The number of carbonyl (C=O) groups is 1. The van der Waals surface area contributed by atoms with Gasteiger partial charge in [-0.15, -0.1) is 0 Å². The van der Waals surface area contributed by atoms with Crippen molar-refractivity contribution in [1.29, 1.82) is 0 Å². The third kappa shape index (κ3) is 4.46. The van der Waals surface area contributed by atoms with Crippen molar-refractivity contribution in [3.8, 4) is 0 Å². The van der Waals surface area contributed by atoms with Crippen LogP contribution in [0.3, 0.4) is 0 Å². The van der Waals surface area contributed by atoms with E-state index in [9.17, 15) is 4.79 Å². The van der Waals surface area contributed by atoms with Crippen LogP contribution in [0.2, 0.25) is 10.0 Å². The van der Waals surface area contributed by atoms with E-state index < -0.39 is 0 Å². The molecule has 0 bridgehead atoms. The number of halogens is 2. The molecule has 0 aliphatic carbocycles. The lowest BCUT2D eigenvalue weighted by Crippen LogP contribution is -2.27. The Labute approximate surface area is 211 Å². The molecule has 0 spiro atoms. The SMILES string of the molecule is O=C1/C(=C\c2cn(Cc3c(Cl)cccc3Cl)c3ccccc23)SC(=S)N1Cc1ccccc1. The second-order valence-electron chi connectivity index (χ2n) is 7.68. The molecule has 1 aliphatic rings. The Hall–Kier alpha value is -2.57. The maximum atomic E-state index is 13.2. The maximum absolute atomic E-state index is 13.2. The van der Waals surface area contributed by atoms with E-state index >= 15 is 0 Å². The monoisotopic (exact) mass is 508 g/mol. The third-order valence-corrected chi connectivity index (χ3v) is 7.64. The Bertz CT molecular complexity index is 1390. The van der Waals surface area contributed by atoms with Crippen LogP contribution in [0.4, 0.5) is 0 Å². The molecule has 1 saturated heterocycles. The summed E-state index contributed by atoms with van der Waals surface area (Å²) in [7, 11) is 0. The maximum Gasteiger partial charge on any atom is 0.266 e. The molecule has 2 heterocycles. The zero-order valence-electron chi connectivity index (χ0n) is 17.4. The van der Waals surface area contributed by atoms with E-state index in [4.69, 9.17) is 35.4 Å². The Kier molecular flexibility index (Phi) is 6.30. The molecule has 5 rings (SSSR count). The van der Waals surface area contributed by atoms with Crippen LogP contribution in [-0.2, 0) is 17.9 Å². The zero-order chi connectivity index (χ0) is 22.9. The molecule has 1 fully saturated rings. The zero-order valence-corrected chi connectivity index (χ0v) is 20.5. The van der Waals surface area contributed by atoms with Crippen molar-refractivity contribution in [3.63, 3.8) is 0 Å². The molecular weight excluding hydrogens is 491 g/mol. The number of thioether (sulfide) groups is 1. The number of fused-ring (bicyclic) bond motifs is 1. The first-order chi connectivity index (χ1) is 16.0. The summed E-state index contributed by atoms with van der Waals surface area (Å²) in [5, 5.41) is 2.31. The fourth-order valence-corrected chi connectivity index (χ4v) is 5.68. The van der Waals surface area contributed by atoms with E-state index in [1.165, 1.54) is 11.8 Å². The number of hydrogen-bond donors (Lipinski definition) is 0. The summed E-state index contributed by atoms with van der Waals surface area (Å²) < 4.78 is 2.68. The van der Waals surface area contributed by atoms with Crippen LogP contribution in [0.5, 0.6) is 0 Å². The van der Waals surface area contributed by atoms with Crippen LogP contribution in [0.25, 0.3) is 17.0 Å². The van der Waals surface area contributed by atoms with E-state index in [1.807, 2.05) is 72.9 Å². The number of hydrogen-bond acceptors (Lipinski definition) is 3. The Morgan fingerprint density at radius 2 is 1.58 bits per heavy atom. The van der Waals surface area contributed by atoms with Crippen LogP contribution in [-0.4, -0.2) is 19.7 Å². The van der Waals surface area contributed by atoms with Gasteiger partial charge in [-0.1, -0.05) is 102 Å². The first kappa shape index (κ1) is 22.2. The van der Waals surface area contributed by atoms with Crippen molar-refractivity contribution < 1.29 is 4.79 Å². The Morgan fingerprint density at radius 3 is 2.33 bits per heavy atom. The van der Waals surface area contributed by atoms with E-state index in [0.717, 1.165) is 27.6 Å². The average molecular weight is 509 g/mol. The van der Waals surface area contributed by atoms with Gasteiger partial charge < -0.3 is 4.57 Å². The average Bonchev–Trinajstić information content (AvgIpc) is 3.29. The molecule has 164 valence electrons. The van der Waals surface area contributed by atoms with Gasteiger partial charge in [0.05, 0.1) is 18.0 Å². The lowest BCUT2D eigenvalue weighted by molar-refractivity contribution is -0.122. The first-order valence-electron chi connectivity index (χ1n) is 10.3. The number of benzene rings is 3. The van der Waals surface area contributed by atoms with Crippen molar-refractivity contribution in [2.45, 2.75) is 13.1 Å². The number of nitrogens with zero attached hydrogens (tertiary/aromatic N) is 2. The summed E-state index contributed by atoms with van der Waals surface area (Å²) in [6.45, 7) is 0.997. The van der Waals surface area contributed by atoms with Gasteiger partial charge in [0, 0.05) is 38.3 Å². The van der Waals surface area contributed by atoms with Crippen LogP contribution in [0, 0.1) is 0 Å². The van der Waals surface area contributed by atoms with Crippen LogP contribution >= 0.6 is 47.2 Å². The Balaban J connectivity index is 1.49. The molecule has 0 unspecified atom stereocenters. The number of thiocarbonyl (C=S) groups is 1. The van der Waals surface area contributed by atoms with Gasteiger partial charge in [-0.3, -0.25) is 9.69 Å². The van der Waals surface area contributed by atoms with E-state index in [0.29, 0.717) is 32.4 Å². The summed E-state index contributed by atoms with van der Waals surface area (Å²) >= 11 is 19.7. The van der Waals surface area contributed by atoms with Crippen LogP contribution in [0.1, 0.15) is 16.7 Å². The largest absolute Gasteiger partial charge is 0.342 e. The van der Waals surface area contributed by atoms with Crippen molar-refractivity contribution in [3.05, 3.63) is 111 Å². The van der Waals surface area contributed by atoms with Gasteiger partial charge in [0.2, 0.25) is 0 Å². The summed E-state index contributed by atoms with van der Waals surface area (Å²) in [5.41, 5.74) is 3.90. The summed E-state index contributed by atoms with van der Waals surface area (Å²) in [6, 6.07) is 23.5. The summed E-state index contributed by atoms with van der Waals surface area (Å²) in [4.78, 5) is 15.4. The summed E-state index contributed by atoms with van der Waals surface area (Å²) in [5.74, 6) is -0.0696. The van der Waals surface area contributed by atoms with Gasteiger partial charge in [0.25, 0.3) is 5.91 Å². The van der Waals surface area contributed by atoms with Gasteiger partial charge >= 0.3 is 0 Å². The molecular formula is C26H18Cl2N2OS2. The molecule has 33 heavy (non-hydrogen) atoms. The second-order valence-corrected chi connectivity index (χ2v) is 10.2. The van der Waals surface area contributed by atoms with Crippen LogP contribution < -0.4 is 0 Å². The molecule has 1 amide bonds. The summed E-state index contributed by atoms with van der Waals surface area (Å²) in [6.07, 6.45) is 3.96. The highest BCUT2D eigenvalue weighted by Gasteiger charge is 2.32. The predicted octanol–water partition coefficient (Wildman–Crippen LogP) is 7.40. The topological polar surface area (TPSA) is 25.2 Å². The normalized spacial score (nSPS) is 15.2. The van der Waals surface area contributed by atoms with Gasteiger partial charge in [0.1, 0.15) is 4.32 Å². The second kappa shape index (κ2) is 9.35. The first-order valence-corrected chi connectivity index (χ1v) is 12.3. The molecule has 3 aromatic carbocycles. The molecule has 1 aromatic heterocycles. The molecule has 7 heteroatoms. The molecule has 0 radical (unpaired) electrons. The lowest BCUT2D eigenvalue weighted by atomic mass is 10.1. The molecule has 0 atom stereocenters. The number of aromatic nitrogens is 1. The predicted molar refractivity (Wildman–Crippen MR) is 143 cm³/mol. The molecule has 0 saturated carbocycles. The van der Waals surface area contributed by atoms with Gasteiger partial charge in [0.15, 0.2) is 0 Å². The van der Waals surface area contributed by atoms with Crippen LogP contribution in [0.15, 0.2) is 83.9 Å². The van der Waals surface area contributed by atoms with Crippen molar-refractivity contribution in [2.75, 3.05) is 0 Å². The van der Waals surface area contributed by atoms with E-state index in [2.05, 4.69) is 16.7 Å². The number of carbonyl (C=O) groups excluding carboxylic acids is 1. The molecule has 4 aromatic rings. The van der Waals surface area contributed by atoms with Gasteiger partial charge in [-0.25, -0.2) is 0 Å². The van der Waals surface area contributed by atoms with Crippen molar-refractivity contribution in [2.24, 2.45) is 0 Å². The Morgan fingerprint density at radius 1 is 0.879 bits per heavy atom. The highest BCUT2D eigenvalue weighted by atomic mass is 35.5. The smallest absolute Gasteiger partial charge is 0.266 e. The molecule has 3 nitrogen and oxygen atoms in total. The minimum atomic E-state index is -0.0696. The highest BCUT2D eigenvalue weighted by Crippen LogP contribution is 2.36. The van der Waals surface area contributed by atoms with Crippen molar-refractivity contribution in [1.82, 2.24) is 9.47 Å². The van der Waals surface area contributed by atoms with Gasteiger partial charge in [-0.2, -0.15) is 0 Å². The fourth-order valence-electron chi connectivity index (χ4n) is 3.92. The van der Waals surface area contributed by atoms with E-state index in [1.54, 1.807) is 4.90 Å². The number of rotatable bonds is 5. The third-order valence-electron chi connectivity index (χ3n) is 5.55. The lowest BCUT2D eigenvalue weighted by Gasteiger charge is -2.14. The number of para-hydroxylation sites is 1. The number of amides is 1. The molecule has 1 aliphatic heterocycles. The quantitative estimate of drug-likeness (QED) is 0.207. The van der Waals surface area contributed by atoms with E-state index in [-0.39, 0.29) is 5.91 Å². The van der Waals surface area contributed by atoms with Gasteiger partial charge in [-0.05, 0) is 29.8 Å². The molecule has 0 N–H and O–H groups in total. The fraction of sp³-hybridized carbons (Fsp3) is 0.0769. The highest BCUT2D eigenvalue weighted by molar-refractivity contribution is 8.26.